The van der Waals surface area contributed by atoms with Gasteiger partial charge in [-0.05, 0) is 12.8 Å². The van der Waals surface area contributed by atoms with Gasteiger partial charge in [0.2, 0.25) is 0 Å². The Morgan fingerprint density at radius 1 is 1.36 bits per heavy atom. The van der Waals surface area contributed by atoms with E-state index in [9.17, 15) is 10.2 Å². The molecule has 0 unspecified atom stereocenters. The predicted octanol–water partition coefficient (Wildman–Crippen LogP) is 0.0512. The summed E-state index contributed by atoms with van der Waals surface area (Å²) in [6, 6.07) is 0. The first-order valence-electron chi connectivity index (χ1n) is 4.25. The van der Waals surface area contributed by atoms with E-state index in [-0.39, 0.29) is 6.10 Å². The summed E-state index contributed by atoms with van der Waals surface area (Å²) < 4.78 is 5.27. The molecule has 0 amide bonds. The summed E-state index contributed by atoms with van der Waals surface area (Å²) >= 11 is 0. The third-order valence-electron chi connectivity index (χ3n) is 2.88. The second-order valence-electron chi connectivity index (χ2n) is 3.57. The molecule has 2 N–H and O–H groups in total. The SMILES string of the molecule is O[C@@H]1CO[C@@H]2CCCC[C@]12O. The average molecular weight is 158 g/mol. The van der Waals surface area contributed by atoms with Crippen LogP contribution in [0.3, 0.4) is 0 Å². The van der Waals surface area contributed by atoms with E-state index in [1.54, 1.807) is 0 Å². The highest BCUT2D eigenvalue weighted by molar-refractivity contribution is 5.00. The maximum atomic E-state index is 9.90. The van der Waals surface area contributed by atoms with Crippen molar-refractivity contribution in [1.82, 2.24) is 0 Å². The molecule has 2 fully saturated rings. The molecule has 1 aliphatic carbocycles. The van der Waals surface area contributed by atoms with E-state index in [1.807, 2.05) is 0 Å². The van der Waals surface area contributed by atoms with Gasteiger partial charge in [-0.15, -0.1) is 0 Å². The van der Waals surface area contributed by atoms with Crippen molar-refractivity contribution in [2.24, 2.45) is 0 Å². The van der Waals surface area contributed by atoms with Crippen LogP contribution in [0.5, 0.6) is 0 Å². The summed E-state index contributed by atoms with van der Waals surface area (Å²) in [6.07, 6.45) is 2.94. The molecule has 0 radical (unpaired) electrons. The molecule has 0 bridgehead atoms. The molecule has 1 saturated heterocycles. The third kappa shape index (κ3) is 0.991. The van der Waals surface area contributed by atoms with E-state index < -0.39 is 11.7 Å². The lowest BCUT2D eigenvalue weighted by Gasteiger charge is -2.34. The Morgan fingerprint density at radius 3 is 2.91 bits per heavy atom. The summed E-state index contributed by atoms with van der Waals surface area (Å²) in [7, 11) is 0. The topological polar surface area (TPSA) is 49.7 Å². The zero-order chi connectivity index (χ0) is 7.90. The number of fused-ring (bicyclic) bond motifs is 1. The Balaban J connectivity index is 2.16. The number of aliphatic hydroxyl groups is 2. The molecule has 0 aromatic rings. The van der Waals surface area contributed by atoms with Gasteiger partial charge in [0.1, 0.15) is 11.7 Å². The van der Waals surface area contributed by atoms with Gasteiger partial charge in [0.05, 0.1) is 12.7 Å². The molecule has 0 aromatic heterocycles. The minimum atomic E-state index is -0.918. The van der Waals surface area contributed by atoms with Gasteiger partial charge in [-0.1, -0.05) is 12.8 Å². The van der Waals surface area contributed by atoms with Crippen molar-refractivity contribution in [1.29, 1.82) is 0 Å². The van der Waals surface area contributed by atoms with Gasteiger partial charge in [-0.25, -0.2) is 0 Å². The molecule has 2 aliphatic rings. The number of ether oxygens (including phenoxy) is 1. The third-order valence-corrected chi connectivity index (χ3v) is 2.88. The number of aliphatic hydroxyl groups excluding tert-OH is 1. The monoisotopic (exact) mass is 158 g/mol. The van der Waals surface area contributed by atoms with Crippen LogP contribution in [0, 0.1) is 0 Å². The van der Waals surface area contributed by atoms with Crippen molar-refractivity contribution in [2.45, 2.75) is 43.5 Å². The smallest absolute Gasteiger partial charge is 0.119 e. The van der Waals surface area contributed by atoms with Gasteiger partial charge in [0, 0.05) is 0 Å². The van der Waals surface area contributed by atoms with Crippen LogP contribution < -0.4 is 0 Å². The second kappa shape index (κ2) is 2.44. The van der Waals surface area contributed by atoms with Gasteiger partial charge in [0.25, 0.3) is 0 Å². The summed E-state index contributed by atoms with van der Waals surface area (Å²) in [5.41, 5.74) is -0.918. The highest BCUT2D eigenvalue weighted by atomic mass is 16.5. The lowest BCUT2D eigenvalue weighted by Crippen LogP contribution is -2.48. The van der Waals surface area contributed by atoms with Crippen molar-refractivity contribution in [3.63, 3.8) is 0 Å². The van der Waals surface area contributed by atoms with Crippen LogP contribution in [-0.4, -0.2) is 34.6 Å². The van der Waals surface area contributed by atoms with Gasteiger partial charge < -0.3 is 14.9 Å². The van der Waals surface area contributed by atoms with E-state index in [4.69, 9.17) is 4.74 Å². The Kier molecular flexibility index (Phi) is 1.67. The lowest BCUT2D eigenvalue weighted by molar-refractivity contribution is -0.0989. The molecule has 1 heterocycles. The summed E-state index contributed by atoms with van der Waals surface area (Å²) in [5, 5.41) is 19.3. The molecule has 0 aromatic carbocycles. The maximum absolute atomic E-state index is 9.90. The van der Waals surface area contributed by atoms with Gasteiger partial charge >= 0.3 is 0 Å². The zero-order valence-electron chi connectivity index (χ0n) is 6.49. The molecule has 1 saturated carbocycles. The fourth-order valence-electron chi connectivity index (χ4n) is 2.11. The van der Waals surface area contributed by atoms with E-state index in [0.717, 1.165) is 19.3 Å². The van der Waals surface area contributed by atoms with Gasteiger partial charge in [0.15, 0.2) is 0 Å². The molecule has 11 heavy (non-hydrogen) atoms. The quantitative estimate of drug-likeness (QED) is 0.523. The van der Waals surface area contributed by atoms with Crippen molar-refractivity contribution in [3.8, 4) is 0 Å². The Bertz CT molecular complexity index is 157. The number of hydrogen-bond acceptors (Lipinski definition) is 3. The van der Waals surface area contributed by atoms with Crippen LogP contribution >= 0.6 is 0 Å². The van der Waals surface area contributed by atoms with Crippen LogP contribution in [0.4, 0.5) is 0 Å². The fourth-order valence-corrected chi connectivity index (χ4v) is 2.11. The van der Waals surface area contributed by atoms with E-state index in [2.05, 4.69) is 0 Å². The summed E-state index contributed by atoms with van der Waals surface area (Å²) in [4.78, 5) is 0. The first-order valence-corrected chi connectivity index (χ1v) is 4.25. The van der Waals surface area contributed by atoms with Crippen molar-refractivity contribution < 1.29 is 14.9 Å². The molecule has 3 atom stereocenters. The molecule has 64 valence electrons. The predicted molar refractivity (Wildman–Crippen MR) is 39.2 cm³/mol. The highest BCUT2D eigenvalue weighted by Crippen LogP contribution is 2.37. The standard InChI is InChI=1S/C8H14O3/c9-6-5-11-7-3-1-2-4-8(6,7)10/h6-7,9-10H,1-5H2/t6-,7-,8+/m1/s1. The van der Waals surface area contributed by atoms with E-state index in [1.165, 1.54) is 0 Å². The van der Waals surface area contributed by atoms with Crippen molar-refractivity contribution in [3.05, 3.63) is 0 Å². The van der Waals surface area contributed by atoms with Crippen LogP contribution in [0.25, 0.3) is 0 Å². The average Bonchev–Trinajstić information content (AvgIpc) is 2.29. The molecule has 2 rings (SSSR count). The molecular formula is C8H14O3. The Labute approximate surface area is 66.0 Å². The molecule has 1 aliphatic heterocycles. The molecule has 3 nitrogen and oxygen atoms in total. The van der Waals surface area contributed by atoms with Gasteiger partial charge in [-0.2, -0.15) is 0 Å². The van der Waals surface area contributed by atoms with E-state index in [0.29, 0.717) is 13.0 Å². The summed E-state index contributed by atoms with van der Waals surface area (Å²) in [6.45, 7) is 0.307. The van der Waals surface area contributed by atoms with Crippen molar-refractivity contribution in [2.75, 3.05) is 6.61 Å². The summed E-state index contributed by atoms with van der Waals surface area (Å²) in [5.74, 6) is 0. The first kappa shape index (κ1) is 7.53. The largest absolute Gasteiger partial charge is 0.388 e. The van der Waals surface area contributed by atoms with Gasteiger partial charge in [-0.3, -0.25) is 0 Å². The molecule has 3 heteroatoms. The minimum absolute atomic E-state index is 0.105. The van der Waals surface area contributed by atoms with Crippen molar-refractivity contribution >= 4 is 0 Å². The second-order valence-corrected chi connectivity index (χ2v) is 3.57. The Morgan fingerprint density at radius 2 is 2.18 bits per heavy atom. The Hall–Kier alpha value is -0.120. The minimum Gasteiger partial charge on any atom is -0.388 e. The fraction of sp³-hybridized carbons (Fsp3) is 1.00. The highest BCUT2D eigenvalue weighted by Gasteiger charge is 2.50. The first-order chi connectivity index (χ1) is 5.23. The van der Waals surface area contributed by atoms with Crippen LogP contribution in [0.2, 0.25) is 0 Å². The number of hydrogen-bond donors (Lipinski definition) is 2. The van der Waals surface area contributed by atoms with Crippen LogP contribution in [0.15, 0.2) is 0 Å². The molecule has 0 spiro atoms. The van der Waals surface area contributed by atoms with Crippen LogP contribution in [-0.2, 0) is 4.74 Å². The molecular weight excluding hydrogens is 144 g/mol. The number of rotatable bonds is 0. The maximum Gasteiger partial charge on any atom is 0.119 e. The normalized spacial score (nSPS) is 50.7. The zero-order valence-corrected chi connectivity index (χ0v) is 6.49. The van der Waals surface area contributed by atoms with Crippen LogP contribution in [0.1, 0.15) is 25.7 Å². The lowest BCUT2D eigenvalue weighted by atomic mass is 9.80. The van der Waals surface area contributed by atoms with E-state index >= 15 is 0 Å².